The van der Waals surface area contributed by atoms with Gasteiger partial charge in [0.15, 0.2) is 11.5 Å². The molecular formula is C22H23NO4S. The standard InChI is InChI=1S/C22H23NO4S/c1-4-25-22(24)21-16-11-19-20(27-10-9-26-19)12-17(16)23(3)18(21)13-28-15-7-5-14(2)6-8-15/h5-8,11-12H,4,9-10,13H2,1-3H3. The minimum atomic E-state index is -0.302. The zero-order valence-electron chi connectivity index (χ0n) is 16.3. The monoisotopic (exact) mass is 397 g/mol. The molecular weight excluding hydrogens is 374 g/mol. The summed E-state index contributed by atoms with van der Waals surface area (Å²) in [4.78, 5) is 14.0. The van der Waals surface area contributed by atoms with E-state index in [9.17, 15) is 4.79 Å². The van der Waals surface area contributed by atoms with E-state index in [1.807, 2.05) is 26.1 Å². The molecule has 0 saturated heterocycles. The van der Waals surface area contributed by atoms with Crippen LogP contribution in [0.1, 0.15) is 28.5 Å². The average Bonchev–Trinajstić information content (AvgIpc) is 2.97. The van der Waals surface area contributed by atoms with Gasteiger partial charge in [-0.05, 0) is 32.0 Å². The number of ether oxygens (including phenoxy) is 3. The van der Waals surface area contributed by atoms with Gasteiger partial charge in [0.05, 0.1) is 17.7 Å². The van der Waals surface area contributed by atoms with E-state index in [0.717, 1.165) is 21.5 Å². The quantitative estimate of drug-likeness (QED) is 0.460. The Morgan fingerprint density at radius 1 is 1.14 bits per heavy atom. The smallest absolute Gasteiger partial charge is 0.340 e. The molecule has 2 aromatic carbocycles. The highest BCUT2D eigenvalue weighted by atomic mass is 32.2. The number of hydrogen-bond acceptors (Lipinski definition) is 5. The molecule has 146 valence electrons. The minimum Gasteiger partial charge on any atom is -0.486 e. The lowest BCUT2D eigenvalue weighted by molar-refractivity contribution is 0.0527. The van der Waals surface area contributed by atoms with Gasteiger partial charge in [-0.3, -0.25) is 0 Å². The Kier molecular flexibility index (Phi) is 5.22. The average molecular weight is 397 g/mol. The summed E-state index contributed by atoms with van der Waals surface area (Å²) < 4.78 is 18.9. The van der Waals surface area contributed by atoms with E-state index in [4.69, 9.17) is 14.2 Å². The lowest BCUT2D eigenvalue weighted by atomic mass is 10.1. The lowest BCUT2D eigenvalue weighted by Crippen LogP contribution is -2.15. The zero-order valence-corrected chi connectivity index (χ0v) is 17.1. The van der Waals surface area contributed by atoms with Gasteiger partial charge in [0.1, 0.15) is 13.2 Å². The normalized spacial score (nSPS) is 13.0. The highest BCUT2D eigenvalue weighted by Gasteiger charge is 2.25. The fourth-order valence-electron chi connectivity index (χ4n) is 3.41. The fourth-order valence-corrected chi connectivity index (χ4v) is 4.38. The van der Waals surface area contributed by atoms with Crippen molar-refractivity contribution in [3.05, 3.63) is 53.2 Å². The highest BCUT2D eigenvalue weighted by molar-refractivity contribution is 7.98. The van der Waals surface area contributed by atoms with Crippen LogP contribution in [0.4, 0.5) is 0 Å². The molecule has 0 N–H and O–H groups in total. The molecule has 0 atom stereocenters. The van der Waals surface area contributed by atoms with Crippen LogP contribution in [-0.2, 0) is 17.5 Å². The number of fused-ring (bicyclic) bond motifs is 2. The number of esters is 1. The predicted molar refractivity (Wildman–Crippen MR) is 111 cm³/mol. The predicted octanol–water partition coefficient (Wildman–Crippen LogP) is 4.73. The molecule has 6 heteroatoms. The van der Waals surface area contributed by atoms with Crippen LogP contribution in [0.3, 0.4) is 0 Å². The molecule has 1 aliphatic rings. The largest absolute Gasteiger partial charge is 0.486 e. The van der Waals surface area contributed by atoms with Crippen LogP contribution in [-0.4, -0.2) is 30.4 Å². The van der Waals surface area contributed by atoms with E-state index in [1.165, 1.54) is 5.56 Å². The molecule has 3 aromatic rings. The van der Waals surface area contributed by atoms with Crippen LogP contribution < -0.4 is 9.47 Å². The van der Waals surface area contributed by atoms with E-state index in [1.54, 1.807) is 11.8 Å². The third-order valence-corrected chi connectivity index (χ3v) is 5.88. The Labute approximate surface area is 168 Å². The van der Waals surface area contributed by atoms with E-state index >= 15 is 0 Å². The molecule has 28 heavy (non-hydrogen) atoms. The number of carbonyl (C=O) groups excluding carboxylic acids is 1. The van der Waals surface area contributed by atoms with E-state index < -0.39 is 0 Å². The molecule has 0 unspecified atom stereocenters. The maximum atomic E-state index is 12.8. The lowest BCUT2D eigenvalue weighted by Gasteiger charge is -2.18. The Morgan fingerprint density at radius 3 is 2.50 bits per heavy atom. The van der Waals surface area contributed by atoms with Crippen molar-refractivity contribution in [2.45, 2.75) is 24.5 Å². The fraction of sp³-hybridized carbons (Fsp3) is 0.318. The van der Waals surface area contributed by atoms with Gasteiger partial charge in [0, 0.05) is 34.8 Å². The van der Waals surface area contributed by atoms with Crippen LogP contribution in [0.5, 0.6) is 11.5 Å². The van der Waals surface area contributed by atoms with Gasteiger partial charge in [-0.15, -0.1) is 11.8 Å². The van der Waals surface area contributed by atoms with Gasteiger partial charge in [0.2, 0.25) is 0 Å². The molecule has 0 spiro atoms. The van der Waals surface area contributed by atoms with Crippen molar-refractivity contribution in [3.8, 4) is 11.5 Å². The summed E-state index contributed by atoms with van der Waals surface area (Å²) in [5.74, 6) is 1.75. The maximum absolute atomic E-state index is 12.8. The van der Waals surface area contributed by atoms with Gasteiger partial charge >= 0.3 is 5.97 Å². The summed E-state index contributed by atoms with van der Waals surface area (Å²) in [7, 11) is 1.98. The molecule has 0 radical (unpaired) electrons. The molecule has 0 fully saturated rings. The summed E-state index contributed by atoms with van der Waals surface area (Å²) in [6.07, 6.45) is 0. The first-order chi connectivity index (χ1) is 13.6. The molecule has 0 aliphatic carbocycles. The van der Waals surface area contributed by atoms with E-state index in [2.05, 4.69) is 35.8 Å². The second-order valence-corrected chi connectivity index (χ2v) is 7.76. The van der Waals surface area contributed by atoms with Crippen molar-refractivity contribution < 1.29 is 19.0 Å². The summed E-state index contributed by atoms with van der Waals surface area (Å²) in [5.41, 5.74) is 3.70. The number of nitrogens with zero attached hydrogens (tertiary/aromatic N) is 1. The Morgan fingerprint density at radius 2 is 1.82 bits per heavy atom. The van der Waals surface area contributed by atoms with E-state index in [0.29, 0.717) is 42.6 Å². The van der Waals surface area contributed by atoms with Crippen molar-refractivity contribution in [3.63, 3.8) is 0 Å². The summed E-state index contributed by atoms with van der Waals surface area (Å²) in [6.45, 7) is 5.27. The number of rotatable bonds is 5. The van der Waals surface area contributed by atoms with Crippen molar-refractivity contribution >= 4 is 28.6 Å². The molecule has 4 rings (SSSR count). The van der Waals surface area contributed by atoms with Crippen LogP contribution in [0.25, 0.3) is 10.9 Å². The summed E-state index contributed by atoms with van der Waals surface area (Å²) >= 11 is 1.70. The van der Waals surface area contributed by atoms with Crippen molar-refractivity contribution in [2.75, 3.05) is 19.8 Å². The number of aryl methyl sites for hydroxylation is 2. The second kappa shape index (κ2) is 7.80. The van der Waals surface area contributed by atoms with E-state index in [-0.39, 0.29) is 5.97 Å². The molecule has 5 nitrogen and oxygen atoms in total. The third kappa shape index (κ3) is 3.44. The van der Waals surface area contributed by atoms with Crippen LogP contribution in [0.2, 0.25) is 0 Å². The first kappa shape index (κ1) is 18.7. The van der Waals surface area contributed by atoms with Crippen molar-refractivity contribution in [2.24, 2.45) is 7.05 Å². The molecule has 1 aromatic heterocycles. The number of carbonyl (C=O) groups is 1. The minimum absolute atomic E-state index is 0.302. The first-order valence-electron chi connectivity index (χ1n) is 9.36. The number of benzene rings is 2. The molecule has 1 aliphatic heterocycles. The molecule has 2 heterocycles. The molecule has 0 bridgehead atoms. The van der Waals surface area contributed by atoms with Gasteiger partial charge in [-0.2, -0.15) is 0 Å². The molecule has 0 saturated carbocycles. The zero-order chi connectivity index (χ0) is 19.7. The van der Waals surface area contributed by atoms with Gasteiger partial charge in [0.25, 0.3) is 0 Å². The SMILES string of the molecule is CCOC(=O)c1c(CSc2ccc(C)cc2)n(C)c2cc3c(cc12)OCCO3. The maximum Gasteiger partial charge on any atom is 0.340 e. The van der Waals surface area contributed by atoms with Gasteiger partial charge in [-0.25, -0.2) is 4.79 Å². The summed E-state index contributed by atoms with van der Waals surface area (Å²) in [6, 6.07) is 12.3. The van der Waals surface area contributed by atoms with Crippen LogP contribution in [0, 0.1) is 6.92 Å². The third-order valence-electron chi connectivity index (χ3n) is 4.86. The Balaban J connectivity index is 1.78. The van der Waals surface area contributed by atoms with Crippen molar-refractivity contribution in [1.82, 2.24) is 4.57 Å². The van der Waals surface area contributed by atoms with Crippen LogP contribution in [0.15, 0.2) is 41.3 Å². The number of thioether (sulfide) groups is 1. The first-order valence-corrected chi connectivity index (χ1v) is 10.3. The van der Waals surface area contributed by atoms with Crippen molar-refractivity contribution in [1.29, 1.82) is 0 Å². The highest BCUT2D eigenvalue weighted by Crippen LogP contribution is 2.39. The Hall–Kier alpha value is -2.60. The molecule has 0 amide bonds. The van der Waals surface area contributed by atoms with Gasteiger partial charge in [-0.1, -0.05) is 17.7 Å². The topological polar surface area (TPSA) is 49.7 Å². The number of aromatic nitrogens is 1. The Bertz CT molecular complexity index is 1020. The summed E-state index contributed by atoms with van der Waals surface area (Å²) in [5, 5.41) is 0.838. The number of hydrogen-bond donors (Lipinski definition) is 0. The van der Waals surface area contributed by atoms with Crippen LogP contribution >= 0.6 is 11.8 Å². The van der Waals surface area contributed by atoms with Gasteiger partial charge < -0.3 is 18.8 Å². The second-order valence-electron chi connectivity index (χ2n) is 6.72.